The monoisotopic (exact) mass is 236 g/mol. The van der Waals surface area contributed by atoms with Crippen LogP contribution in [0.2, 0.25) is 5.02 Å². The van der Waals surface area contributed by atoms with Crippen LogP contribution in [0, 0.1) is 13.8 Å². The number of nitrogens with one attached hydrogen (secondary N) is 1. The molecule has 0 aliphatic rings. The van der Waals surface area contributed by atoms with Gasteiger partial charge in [-0.2, -0.15) is 5.10 Å². The van der Waals surface area contributed by atoms with Crippen molar-refractivity contribution < 1.29 is 0 Å². The molecule has 0 bridgehead atoms. The summed E-state index contributed by atoms with van der Waals surface area (Å²) in [5.41, 5.74) is 3.60. The third-order valence-corrected chi connectivity index (χ3v) is 3.01. The van der Waals surface area contributed by atoms with E-state index in [1.807, 2.05) is 27.0 Å². The smallest absolute Gasteiger partial charge is 0.0853 e. The minimum Gasteiger partial charge on any atom is -0.387 e. The zero-order valence-electron chi connectivity index (χ0n) is 9.45. The second-order valence-electron chi connectivity index (χ2n) is 3.58. The Morgan fingerprint density at radius 2 is 2.06 bits per heavy atom. The van der Waals surface area contributed by atoms with Crippen LogP contribution in [0.4, 0.5) is 5.69 Å². The summed E-state index contributed by atoms with van der Waals surface area (Å²) in [5, 5.41) is 8.12. The molecule has 0 saturated carbocycles. The van der Waals surface area contributed by atoms with E-state index in [0.29, 0.717) is 5.02 Å². The average molecular weight is 237 g/mol. The summed E-state index contributed by atoms with van der Waals surface area (Å²) in [6.07, 6.45) is 3.52. The lowest BCUT2D eigenvalue weighted by molar-refractivity contribution is 0.829. The molecule has 0 saturated heterocycles. The first-order valence-electron chi connectivity index (χ1n) is 4.98. The lowest BCUT2D eigenvalue weighted by atomic mass is 10.3. The van der Waals surface area contributed by atoms with Gasteiger partial charge < -0.3 is 5.32 Å². The summed E-state index contributed by atoms with van der Waals surface area (Å²) < 4.78 is 1.80. The maximum absolute atomic E-state index is 6.10. The first kappa shape index (κ1) is 11.0. The van der Waals surface area contributed by atoms with E-state index in [1.54, 1.807) is 17.1 Å². The molecule has 2 aromatic heterocycles. The highest BCUT2D eigenvalue weighted by Gasteiger charge is 2.10. The van der Waals surface area contributed by atoms with Gasteiger partial charge in [0.05, 0.1) is 40.2 Å². The predicted molar refractivity (Wildman–Crippen MR) is 65.4 cm³/mol. The Labute approximate surface area is 99.3 Å². The molecule has 2 rings (SSSR count). The van der Waals surface area contributed by atoms with Crippen molar-refractivity contribution in [3.8, 4) is 5.69 Å². The second kappa shape index (κ2) is 4.14. The zero-order chi connectivity index (χ0) is 11.7. The van der Waals surface area contributed by atoms with Crippen molar-refractivity contribution in [1.82, 2.24) is 14.8 Å². The number of halogens is 1. The lowest BCUT2D eigenvalue weighted by Gasteiger charge is -2.05. The summed E-state index contributed by atoms with van der Waals surface area (Å²) in [4.78, 5) is 4.15. The average Bonchev–Trinajstić information content (AvgIpc) is 2.57. The van der Waals surface area contributed by atoms with Crippen molar-refractivity contribution in [2.24, 2.45) is 0 Å². The fourth-order valence-electron chi connectivity index (χ4n) is 1.56. The number of hydrogen-bond acceptors (Lipinski definition) is 3. The molecule has 0 fully saturated rings. The van der Waals surface area contributed by atoms with Crippen molar-refractivity contribution in [3.05, 3.63) is 34.9 Å². The van der Waals surface area contributed by atoms with Gasteiger partial charge in [0.2, 0.25) is 0 Å². The van der Waals surface area contributed by atoms with E-state index in [-0.39, 0.29) is 0 Å². The van der Waals surface area contributed by atoms with E-state index < -0.39 is 0 Å². The summed E-state index contributed by atoms with van der Waals surface area (Å²) in [7, 11) is 1.86. The molecule has 5 heteroatoms. The topological polar surface area (TPSA) is 42.7 Å². The van der Waals surface area contributed by atoms with Crippen LogP contribution in [0.25, 0.3) is 5.69 Å². The minimum absolute atomic E-state index is 0.704. The van der Waals surface area contributed by atoms with Gasteiger partial charge in [-0.25, -0.2) is 4.68 Å². The highest BCUT2D eigenvalue weighted by Crippen LogP contribution is 2.22. The summed E-state index contributed by atoms with van der Waals surface area (Å²) in [6, 6.07) is 1.97. The van der Waals surface area contributed by atoms with Crippen LogP contribution in [0.3, 0.4) is 0 Å². The maximum atomic E-state index is 6.10. The Bertz CT molecular complexity index is 519. The van der Waals surface area contributed by atoms with Crippen LogP contribution in [0.1, 0.15) is 11.4 Å². The Kier molecular flexibility index (Phi) is 2.83. The van der Waals surface area contributed by atoms with Crippen molar-refractivity contribution in [2.75, 3.05) is 12.4 Å². The van der Waals surface area contributed by atoms with Crippen LogP contribution in [0.15, 0.2) is 18.5 Å². The summed E-state index contributed by atoms with van der Waals surface area (Å²) in [5.74, 6) is 0. The molecule has 0 unspecified atom stereocenters. The quantitative estimate of drug-likeness (QED) is 0.872. The van der Waals surface area contributed by atoms with Gasteiger partial charge in [0, 0.05) is 7.05 Å². The highest BCUT2D eigenvalue weighted by molar-refractivity contribution is 6.31. The first-order valence-corrected chi connectivity index (χ1v) is 5.36. The molecule has 84 valence electrons. The van der Waals surface area contributed by atoms with Gasteiger partial charge in [-0.1, -0.05) is 11.6 Å². The van der Waals surface area contributed by atoms with Gasteiger partial charge in [0.25, 0.3) is 0 Å². The number of rotatable bonds is 2. The number of aryl methyl sites for hydroxylation is 1. The van der Waals surface area contributed by atoms with E-state index in [9.17, 15) is 0 Å². The molecule has 4 nitrogen and oxygen atoms in total. The van der Waals surface area contributed by atoms with E-state index in [1.165, 1.54) is 0 Å². The molecule has 0 aliphatic carbocycles. The number of nitrogens with zero attached hydrogens (tertiary/aromatic N) is 3. The van der Waals surface area contributed by atoms with Crippen LogP contribution < -0.4 is 5.32 Å². The van der Waals surface area contributed by atoms with Gasteiger partial charge in [-0.3, -0.25) is 4.98 Å². The molecule has 0 aromatic carbocycles. The summed E-state index contributed by atoms with van der Waals surface area (Å²) >= 11 is 6.10. The molecule has 0 spiro atoms. The molecule has 2 aromatic rings. The van der Waals surface area contributed by atoms with Crippen LogP contribution in [-0.2, 0) is 0 Å². The Hall–Kier alpha value is -1.55. The van der Waals surface area contributed by atoms with Crippen LogP contribution >= 0.6 is 11.6 Å². The van der Waals surface area contributed by atoms with E-state index in [4.69, 9.17) is 11.6 Å². The summed E-state index contributed by atoms with van der Waals surface area (Å²) in [6.45, 7) is 3.83. The molecule has 2 heterocycles. The first-order chi connectivity index (χ1) is 7.63. The number of hydrogen-bond donors (Lipinski definition) is 1. The van der Waals surface area contributed by atoms with E-state index in [0.717, 1.165) is 22.8 Å². The van der Waals surface area contributed by atoms with Gasteiger partial charge >= 0.3 is 0 Å². The largest absolute Gasteiger partial charge is 0.387 e. The maximum Gasteiger partial charge on any atom is 0.0853 e. The number of anilines is 1. The van der Waals surface area contributed by atoms with Crippen LogP contribution in [-0.4, -0.2) is 21.8 Å². The SMILES string of the molecule is CNc1cncc(-n2nc(C)c(Cl)c2C)c1. The van der Waals surface area contributed by atoms with Gasteiger partial charge in [0.15, 0.2) is 0 Å². The minimum atomic E-state index is 0.704. The Morgan fingerprint density at radius 3 is 2.62 bits per heavy atom. The van der Waals surface area contributed by atoms with Gasteiger partial charge in [-0.05, 0) is 19.9 Å². The van der Waals surface area contributed by atoms with Crippen molar-refractivity contribution in [2.45, 2.75) is 13.8 Å². The van der Waals surface area contributed by atoms with Crippen molar-refractivity contribution >= 4 is 17.3 Å². The molecule has 16 heavy (non-hydrogen) atoms. The third kappa shape index (κ3) is 1.76. The Balaban J connectivity index is 2.54. The lowest BCUT2D eigenvalue weighted by Crippen LogP contribution is -2.01. The standard InChI is InChI=1S/C11H13ClN4/c1-7-11(12)8(2)16(15-7)10-4-9(13-3)5-14-6-10/h4-6,13H,1-3H3. The Morgan fingerprint density at radius 1 is 1.31 bits per heavy atom. The van der Waals surface area contributed by atoms with Crippen molar-refractivity contribution in [1.29, 1.82) is 0 Å². The zero-order valence-corrected chi connectivity index (χ0v) is 10.2. The predicted octanol–water partition coefficient (Wildman–Crippen LogP) is 2.58. The third-order valence-electron chi connectivity index (χ3n) is 2.46. The number of pyridine rings is 1. The molecular formula is C11H13ClN4. The van der Waals surface area contributed by atoms with Gasteiger partial charge in [-0.15, -0.1) is 0 Å². The van der Waals surface area contributed by atoms with E-state index >= 15 is 0 Å². The highest BCUT2D eigenvalue weighted by atomic mass is 35.5. The number of aromatic nitrogens is 3. The molecule has 0 atom stereocenters. The second-order valence-corrected chi connectivity index (χ2v) is 3.96. The molecule has 0 amide bonds. The van der Waals surface area contributed by atoms with Crippen molar-refractivity contribution in [3.63, 3.8) is 0 Å². The molecule has 0 radical (unpaired) electrons. The normalized spacial score (nSPS) is 10.5. The molecule has 0 aliphatic heterocycles. The molecule has 1 N–H and O–H groups in total. The van der Waals surface area contributed by atoms with E-state index in [2.05, 4.69) is 15.4 Å². The van der Waals surface area contributed by atoms with Crippen LogP contribution in [0.5, 0.6) is 0 Å². The fraction of sp³-hybridized carbons (Fsp3) is 0.273. The molecular weight excluding hydrogens is 224 g/mol. The van der Waals surface area contributed by atoms with Gasteiger partial charge in [0.1, 0.15) is 0 Å². The fourth-order valence-corrected chi connectivity index (χ4v) is 1.67.